The second-order valence-corrected chi connectivity index (χ2v) is 3.57. The fraction of sp³-hybridized carbons (Fsp3) is 0. The van der Waals surface area contributed by atoms with Gasteiger partial charge in [-0.3, -0.25) is 4.79 Å². The number of benzene rings is 2. The van der Waals surface area contributed by atoms with Gasteiger partial charge in [0.05, 0.1) is 5.69 Å². The number of hydrogen-bond acceptors (Lipinski definition) is 3. The number of rotatable bonds is 2. The molecule has 2 aromatic rings. The summed E-state index contributed by atoms with van der Waals surface area (Å²) in [6.07, 6.45) is 0. The first kappa shape index (κ1) is 11.1. The molecule has 17 heavy (non-hydrogen) atoms. The Morgan fingerprint density at radius 3 is 2.41 bits per heavy atom. The van der Waals surface area contributed by atoms with Crippen molar-refractivity contribution in [3.63, 3.8) is 0 Å². The molecule has 0 amide bonds. The highest BCUT2D eigenvalue weighted by Gasteiger charge is 2.14. The van der Waals surface area contributed by atoms with E-state index in [1.807, 2.05) is 0 Å². The van der Waals surface area contributed by atoms with Crippen molar-refractivity contribution in [3.8, 4) is 5.75 Å². The number of ketones is 1. The number of phenols is 1. The molecular weight excluding hydrogens is 221 g/mol. The summed E-state index contributed by atoms with van der Waals surface area (Å²) in [6.45, 7) is 0. The van der Waals surface area contributed by atoms with Crippen molar-refractivity contribution < 1.29 is 14.3 Å². The summed E-state index contributed by atoms with van der Waals surface area (Å²) in [4.78, 5) is 12.0. The predicted molar refractivity (Wildman–Crippen MR) is 62.4 cm³/mol. The molecule has 0 heterocycles. The maximum atomic E-state index is 12.7. The van der Waals surface area contributed by atoms with Gasteiger partial charge in [-0.15, -0.1) is 0 Å². The van der Waals surface area contributed by atoms with Crippen molar-refractivity contribution in [2.45, 2.75) is 0 Å². The third kappa shape index (κ3) is 2.10. The fourth-order valence-electron chi connectivity index (χ4n) is 1.51. The van der Waals surface area contributed by atoms with Crippen molar-refractivity contribution in [1.82, 2.24) is 0 Å². The van der Waals surface area contributed by atoms with Crippen LogP contribution in [0, 0.1) is 5.82 Å². The minimum atomic E-state index is -0.412. The van der Waals surface area contributed by atoms with Gasteiger partial charge in [0.2, 0.25) is 0 Å². The Kier molecular flexibility index (Phi) is 2.78. The first-order chi connectivity index (χ1) is 8.09. The molecule has 0 fully saturated rings. The number of phenolic OH excluding ortho intramolecular Hbond substituents is 1. The molecule has 0 radical (unpaired) electrons. The highest BCUT2D eigenvalue weighted by atomic mass is 19.1. The average molecular weight is 231 g/mol. The molecule has 0 atom stereocenters. The van der Waals surface area contributed by atoms with E-state index in [0.717, 1.165) is 0 Å². The van der Waals surface area contributed by atoms with Crippen molar-refractivity contribution in [3.05, 3.63) is 59.4 Å². The van der Waals surface area contributed by atoms with Crippen LogP contribution in [0.25, 0.3) is 0 Å². The first-order valence-corrected chi connectivity index (χ1v) is 4.97. The predicted octanol–water partition coefficient (Wildman–Crippen LogP) is 2.34. The fourth-order valence-corrected chi connectivity index (χ4v) is 1.51. The van der Waals surface area contributed by atoms with E-state index >= 15 is 0 Å². The van der Waals surface area contributed by atoms with Gasteiger partial charge in [0.25, 0.3) is 0 Å². The van der Waals surface area contributed by atoms with E-state index in [2.05, 4.69) is 0 Å². The van der Waals surface area contributed by atoms with Gasteiger partial charge in [0.1, 0.15) is 11.6 Å². The Morgan fingerprint density at radius 1 is 1.12 bits per heavy atom. The SMILES string of the molecule is Nc1c(O)cccc1C(=O)c1ccc(F)cc1. The summed E-state index contributed by atoms with van der Waals surface area (Å²) in [5.41, 5.74) is 6.16. The maximum absolute atomic E-state index is 12.7. The first-order valence-electron chi connectivity index (χ1n) is 4.97. The Balaban J connectivity index is 2.44. The van der Waals surface area contributed by atoms with Gasteiger partial charge in [-0.1, -0.05) is 6.07 Å². The molecule has 2 rings (SSSR count). The van der Waals surface area contributed by atoms with Crippen molar-refractivity contribution in [2.75, 3.05) is 5.73 Å². The molecule has 0 aromatic heterocycles. The maximum Gasteiger partial charge on any atom is 0.195 e. The average Bonchev–Trinajstić information content (AvgIpc) is 2.33. The number of halogens is 1. The number of carbonyl (C=O) groups is 1. The van der Waals surface area contributed by atoms with Gasteiger partial charge in [-0.05, 0) is 36.4 Å². The van der Waals surface area contributed by atoms with Crippen LogP contribution < -0.4 is 5.73 Å². The van der Waals surface area contributed by atoms with Crippen LogP contribution in [0.1, 0.15) is 15.9 Å². The molecule has 3 nitrogen and oxygen atoms in total. The molecule has 86 valence electrons. The number of para-hydroxylation sites is 1. The normalized spacial score (nSPS) is 10.2. The summed E-state index contributed by atoms with van der Waals surface area (Å²) in [7, 11) is 0. The molecule has 3 N–H and O–H groups in total. The molecule has 0 bridgehead atoms. The van der Waals surface area contributed by atoms with Crippen LogP contribution in [0.5, 0.6) is 5.75 Å². The number of nitrogen functional groups attached to an aromatic ring is 1. The van der Waals surface area contributed by atoms with Gasteiger partial charge in [-0.2, -0.15) is 0 Å². The lowest BCUT2D eigenvalue weighted by Gasteiger charge is -2.06. The summed E-state index contributed by atoms with van der Waals surface area (Å²) in [6, 6.07) is 9.60. The zero-order chi connectivity index (χ0) is 12.4. The molecule has 0 aliphatic rings. The van der Waals surface area contributed by atoms with Gasteiger partial charge in [-0.25, -0.2) is 4.39 Å². The Morgan fingerprint density at radius 2 is 1.76 bits per heavy atom. The zero-order valence-corrected chi connectivity index (χ0v) is 8.85. The van der Waals surface area contributed by atoms with E-state index in [1.165, 1.54) is 42.5 Å². The highest BCUT2D eigenvalue weighted by molar-refractivity contribution is 6.12. The third-order valence-electron chi connectivity index (χ3n) is 2.43. The lowest BCUT2D eigenvalue weighted by Crippen LogP contribution is -2.05. The number of anilines is 1. The van der Waals surface area contributed by atoms with Gasteiger partial charge in [0, 0.05) is 11.1 Å². The summed E-state index contributed by atoms with van der Waals surface area (Å²) < 4.78 is 12.7. The Bertz CT molecular complexity index is 564. The largest absolute Gasteiger partial charge is 0.506 e. The van der Waals surface area contributed by atoms with E-state index in [-0.39, 0.29) is 22.8 Å². The van der Waals surface area contributed by atoms with E-state index in [1.54, 1.807) is 0 Å². The van der Waals surface area contributed by atoms with Crippen molar-refractivity contribution in [1.29, 1.82) is 0 Å². The van der Waals surface area contributed by atoms with Crippen LogP contribution in [-0.2, 0) is 0 Å². The molecule has 0 spiro atoms. The minimum Gasteiger partial charge on any atom is -0.506 e. The molecule has 0 aliphatic heterocycles. The quantitative estimate of drug-likeness (QED) is 0.473. The van der Waals surface area contributed by atoms with Crippen LogP contribution in [0.4, 0.5) is 10.1 Å². The van der Waals surface area contributed by atoms with Crippen LogP contribution >= 0.6 is 0 Å². The van der Waals surface area contributed by atoms with E-state index < -0.39 is 5.82 Å². The molecular formula is C13H10FNO2. The summed E-state index contributed by atoms with van der Waals surface area (Å²) >= 11 is 0. The van der Waals surface area contributed by atoms with Crippen LogP contribution in [0.15, 0.2) is 42.5 Å². The Hall–Kier alpha value is -2.36. The molecule has 0 unspecified atom stereocenters. The van der Waals surface area contributed by atoms with E-state index in [0.29, 0.717) is 5.56 Å². The lowest BCUT2D eigenvalue weighted by molar-refractivity contribution is 0.103. The van der Waals surface area contributed by atoms with Crippen molar-refractivity contribution in [2.24, 2.45) is 0 Å². The van der Waals surface area contributed by atoms with Gasteiger partial charge >= 0.3 is 0 Å². The van der Waals surface area contributed by atoms with E-state index in [9.17, 15) is 14.3 Å². The zero-order valence-electron chi connectivity index (χ0n) is 8.85. The minimum absolute atomic E-state index is 0.0295. The molecule has 0 aliphatic carbocycles. The van der Waals surface area contributed by atoms with E-state index in [4.69, 9.17) is 5.73 Å². The highest BCUT2D eigenvalue weighted by Crippen LogP contribution is 2.25. The molecule has 4 heteroatoms. The summed E-state index contributed by atoms with van der Waals surface area (Å²) in [5, 5.41) is 9.40. The molecule has 2 aromatic carbocycles. The topological polar surface area (TPSA) is 63.3 Å². The van der Waals surface area contributed by atoms with Crippen LogP contribution in [-0.4, -0.2) is 10.9 Å². The molecule has 0 saturated heterocycles. The lowest BCUT2D eigenvalue weighted by atomic mass is 10.0. The Labute approximate surface area is 97.3 Å². The van der Waals surface area contributed by atoms with Crippen LogP contribution in [0.2, 0.25) is 0 Å². The number of nitrogens with two attached hydrogens (primary N) is 1. The molecule has 0 saturated carbocycles. The standard InChI is InChI=1S/C13H10FNO2/c14-9-6-4-8(5-7-9)13(17)10-2-1-3-11(16)12(10)15/h1-7,16H,15H2. The number of carbonyl (C=O) groups excluding carboxylic acids is 1. The van der Waals surface area contributed by atoms with Gasteiger partial charge < -0.3 is 10.8 Å². The second kappa shape index (κ2) is 4.25. The number of aromatic hydroxyl groups is 1. The smallest absolute Gasteiger partial charge is 0.195 e. The number of hydrogen-bond donors (Lipinski definition) is 2. The second-order valence-electron chi connectivity index (χ2n) is 3.57. The third-order valence-corrected chi connectivity index (χ3v) is 2.43. The van der Waals surface area contributed by atoms with Gasteiger partial charge in [0.15, 0.2) is 5.78 Å². The monoisotopic (exact) mass is 231 g/mol. The summed E-state index contributed by atoms with van der Waals surface area (Å²) in [5.74, 6) is -0.901. The van der Waals surface area contributed by atoms with Crippen molar-refractivity contribution >= 4 is 11.5 Å². The van der Waals surface area contributed by atoms with Crippen LogP contribution in [0.3, 0.4) is 0 Å².